The SMILES string of the molecule is CC[C@H](Oc1ccc2ccccc2c1)C(=O)Nc1cccc(NC(C)=O)c1. The Labute approximate surface area is 158 Å². The predicted octanol–water partition coefficient (Wildman–Crippen LogP) is 4.59. The van der Waals surface area contributed by atoms with E-state index in [-0.39, 0.29) is 11.8 Å². The topological polar surface area (TPSA) is 67.4 Å². The second kappa shape index (κ2) is 8.36. The van der Waals surface area contributed by atoms with Crippen molar-refractivity contribution in [1.82, 2.24) is 0 Å². The number of benzene rings is 3. The zero-order valence-electron chi connectivity index (χ0n) is 15.4. The van der Waals surface area contributed by atoms with Crippen LogP contribution in [0.5, 0.6) is 5.75 Å². The molecule has 5 heteroatoms. The van der Waals surface area contributed by atoms with Gasteiger partial charge in [0.15, 0.2) is 6.10 Å². The molecule has 3 rings (SSSR count). The third-order valence-electron chi connectivity index (χ3n) is 4.11. The van der Waals surface area contributed by atoms with Crippen molar-refractivity contribution in [2.75, 3.05) is 10.6 Å². The Morgan fingerprint density at radius 1 is 0.889 bits per heavy atom. The van der Waals surface area contributed by atoms with Crippen molar-refractivity contribution < 1.29 is 14.3 Å². The van der Waals surface area contributed by atoms with Crippen LogP contribution in [0.1, 0.15) is 20.3 Å². The minimum atomic E-state index is -0.615. The molecule has 0 unspecified atom stereocenters. The fraction of sp³-hybridized carbons (Fsp3) is 0.182. The highest BCUT2D eigenvalue weighted by Gasteiger charge is 2.19. The molecule has 2 N–H and O–H groups in total. The van der Waals surface area contributed by atoms with Gasteiger partial charge in [0.05, 0.1) is 0 Å². The molecule has 1 atom stereocenters. The molecule has 0 saturated carbocycles. The lowest BCUT2D eigenvalue weighted by Crippen LogP contribution is -2.32. The first kappa shape index (κ1) is 18.5. The van der Waals surface area contributed by atoms with E-state index >= 15 is 0 Å². The predicted molar refractivity (Wildman–Crippen MR) is 108 cm³/mol. The number of ether oxygens (including phenoxy) is 1. The van der Waals surface area contributed by atoms with Crippen LogP contribution in [0.4, 0.5) is 11.4 Å². The summed E-state index contributed by atoms with van der Waals surface area (Å²) in [6.07, 6.45) is -0.0834. The standard InChI is InChI=1S/C22H22N2O3/c1-3-21(27-20-12-11-16-7-4-5-8-17(16)13-20)22(26)24-19-10-6-9-18(14-19)23-15(2)25/h4-14,21H,3H2,1-2H3,(H,23,25)(H,24,26)/t21-/m0/s1. The summed E-state index contributed by atoms with van der Waals surface area (Å²) >= 11 is 0. The second-order valence-corrected chi connectivity index (χ2v) is 6.27. The van der Waals surface area contributed by atoms with Crippen LogP contribution in [0.2, 0.25) is 0 Å². The number of carbonyl (C=O) groups is 2. The molecular weight excluding hydrogens is 340 g/mol. The third-order valence-corrected chi connectivity index (χ3v) is 4.11. The van der Waals surface area contributed by atoms with Crippen molar-refractivity contribution in [3.05, 3.63) is 66.7 Å². The molecule has 5 nitrogen and oxygen atoms in total. The van der Waals surface area contributed by atoms with Gasteiger partial charge in [0, 0.05) is 18.3 Å². The molecule has 0 radical (unpaired) electrons. The number of hydrogen-bond acceptors (Lipinski definition) is 3. The fourth-order valence-corrected chi connectivity index (χ4v) is 2.83. The monoisotopic (exact) mass is 362 g/mol. The Morgan fingerprint density at radius 3 is 2.30 bits per heavy atom. The first-order valence-electron chi connectivity index (χ1n) is 8.89. The highest BCUT2D eigenvalue weighted by molar-refractivity contribution is 5.96. The molecule has 3 aromatic carbocycles. The number of fused-ring (bicyclic) bond motifs is 1. The minimum Gasteiger partial charge on any atom is -0.481 e. The Balaban J connectivity index is 1.71. The summed E-state index contributed by atoms with van der Waals surface area (Å²) in [5.41, 5.74) is 1.23. The van der Waals surface area contributed by atoms with Gasteiger partial charge in [0.2, 0.25) is 5.91 Å². The molecule has 138 valence electrons. The van der Waals surface area contributed by atoms with Crippen molar-refractivity contribution in [2.24, 2.45) is 0 Å². The lowest BCUT2D eigenvalue weighted by Gasteiger charge is -2.18. The molecule has 0 heterocycles. The quantitative estimate of drug-likeness (QED) is 0.674. The van der Waals surface area contributed by atoms with Crippen LogP contribution < -0.4 is 15.4 Å². The highest BCUT2D eigenvalue weighted by atomic mass is 16.5. The second-order valence-electron chi connectivity index (χ2n) is 6.27. The summed E-state index contributed by atoms with van der Waals surface area (Å²) in [6.45, 7) is 3.34. The molecule has 0 aliphatic carbocycles. The lowest BCUT2D eigenvalue weighted by molar-refractivity contribution is -0.122. The molecule has 0 aliphatic rings. The van der Waals surface area contributed by atoms with E-state index in [9.17, 15) is 9.59 Å². The Kier molecular flexibility index (Phi) is 5.71. The van der Waals surface area contributed by atoms with Gasteiger partial charge in [-0.3, -0.25) is 9.59 Å². The summed E-state index contributed by atoms with van der Waals surface area (Å²) in [5.74, 6) is 0.262. The molecule has 27 heavy (non-hydrogen) atoms. The summed E-state index contributed by atoms with van der Waals surface area (Å²) in [7, 11) is 0. The number of carbonyl (C=O) groups excluding carboxylic acids is 2. The zero-order chi connectivity index (χ0) is 19.2. The van der Waals surface area contributed by atoms with Gasteiger partial charge in [0.1, 0.15) is 5.75 Å². The van der Waals surface area contributed by atoms with Crippen LogP contribution >= 0.6 is 0 Å². The Morgan fingerprint density at radius 2 is 1.59 bits per heavy atom. The van der Waals surface area contributed by atoms with Crippen LogP contribution in [-0.4, -0.2) is 17.9 Å². The van der Waals surface area contributed by atoms with E-state index in [0.29, 0.717) is 23.5 Å². The van der Waals surface area contributed by atoms with Crippen molar-refractivity contribution in [3.8, 4) is 5.75 Å². The van der Waals surface area contributed by atoms with Gasteiger partial charge >= 0.3 is 0 Å². The van der Waals surface area contributed by atoms with Crippen molar-refractivity contribution in [2.45, 2.75) is 26.4 Å². The number of rotatable bonds is 6. The van der Waals surface area contributed by atoms with Crippen LogP contribution in [0.25, 0.3) is 10.8 Å². The summed E-state index contributed by atoms with van der Waals surface area (Å²) in [4.78, 5) is 23.8. The molecule has 0 spiro atoms. The molecule has 0 fully saturated rings. The summed E-state index contributed by atoms with van der Waals surface area (Å²) < 4.78 is 5.92. The number of amides is 2. The highest BCUT2D eigenvalue weighted by Crippen LogP contribution is 2.23. The van der Waals surface area contributed by atoms with E-state index in [1.54, 1.807) is 24.3 Å². The van der Waals surface area contributed by atoms with Crippen molar-refractivity contribution in [3.63, 3.8) is 0 Å². The van der Waals surface area contributed by atoms with Gasteiger partial charge in [-0.05, 0) is 47.5 Å². The average Bonchev–Trinajstić information content (AvgIpc) is 2.65. The third kappa shape index (κ3) is 4.85. The fourth-order valence-electron chi connectivity index (χ4n) is 2.83. The van der Waals surface area contributed by atoms with Crippen LogP contribution in [-0.2, 0) is 9.59 Å². The van der Waals surface area contributed by atoms with Crippen LogP contribution in [0.3, 0.4) is 0 Å². The molecule has 0 aromatic heterocycles. The Hall–Kier alpha value is -3.34. The number of anilines is 2. The average molecular weight is 362 g/mol. The summed E-state index contributed by atoms with van der Waals surface area (Å²) in [6, 6.07) is 20.8. The minimum absolute atomic E-state index is 0.162. The maximum atomic E-state index is 12.6. The smallest absolute Gasteiger partial charge is 0.265 e. The van der Waals surface area contributed by atoms with E-state index in [4.69, 9.17) is 4.74 Å². The maximum absolute atomic E-state index is 12.6. The number of hydrogen-bond donors (Lipinski definition) is 2. The van der Waals surface area contributed by atoms with Gasteiger partial charge < -0.3 is 15.4 Å². The van der Waals surface area contributed by atoms with Crippen molar-refractivity contribution >= 4 is 34.0 Å². The molecule has 3 aromatic rings. The van der Waals surface area contributed by atoms with Crippen LogP contribution in [0, 0.1) is 0 Å². The zero-order valence-corrected chi connectivity index (χ0v) is 15.4. The van der Waals surface area contributed by atoms with E-state index in [2.05, 4.69) is 10.6 Å². The molecule has 2 amide bonds. The van der Waals surface area contributed by atoms with Crippen molar-refractivity contribution in [1.29, 1.82) is 0 Å². The van der Waals surface area contributed by atoms with E-state index in [1.165, 1.54) is 6.92 Å². The van der Waals surface area contributed by atoms with Gasteiger partial charge in [-0.25, -0.2) is 0 Å². The normalized spacial score (nSPS) is 11.6. The van der Waals surface area contributed by atoms with Gasteiger partial charge in [-0.2, -0.15) is 0 Å². The van der Waals surface area contributed by atoms with Gasteiger partial charge in [-0.1, -0.05) is 43.3 Å². The molecule has 0 aliphatic heterocycles. The lowest BCUT2D eigenvalue weighted by atomic mass is 10.1. The van der Waals surface area contributed by atoms with E-state index < -0.39 is 6.10 Å². The van der Waals surface area contributed by atoms with E-state index in [0.717, 1.165) is 10.8 Å². The Bertz CT molecular complexity index is 968. The van der Waals surface area contributed by atoms with Gasteiger partial charge in [0.25, 0.3) is 5.91 Å². The molecule has 0 bridgehead atoms. The van der Waals surface area contributed by atoms with Crippen LogP contribution in [0.15, 0.2) is 66.7 Å². The molecule has 0 saturated heterocycles. The number of nitrogens with one attached hydrogen (secondary N) is 2. The molecular formula is C22H22N2O3. The van der Waals surface area contributed by atoms with Gasteiger partial charge in [-0.15, -0.1) is 0 Å². The first-order chi connectivity index (χ1) is 13.0. The summed E-state index contributed by atoms with van der Waals surface area (Å²) in [5, 5.41) is 7.73. The first-order valence-corrected chi connectivity index (χ1v) is 8.89. The maximum Gasteiger partial charge on any atom is 0.265 e. The van der Waals surface area contributed by atoms with E-state index in [1.807, 2.05) is 49.4 Å². The largest absolute Gasteiger partial charge is 0.481 e.